The lowest BCUT2D eigenvalue weighted by Crippen LogP contribution is -2.52. The van der Waals surface area contributed by atoms with E-state index in [0.29, 0.717) is 16.7 Å². The summed E-state index contributed by atoms with van der Waals surface area (Å²) in [5.41, 5.74) is -0.179. The number of ether oxygens (including phenoxy) is 2. The van der Waals surface area contributed by atoms with Crippen LogP contribution in [0.4, 0.5) is 17.6 Å². The van der Waals surface area contributed by atoms with Crippen molar-refractivity contribution in [2.75, 3.05) is 20.3 Å². The van der Waals surface area contributed by atoms with Crippen molar-refractivity contribution in [1.82, 2.24) is 15.3 Å². The van der Waals surface area contributed by atoms with Crippen LogP contribution in [0.5, 0.6) is 11.5 Å². The molecule has 2 aromatic heterocycles. The van der Waals surface area contributed by atoms with Crippen molar-refractivity contribution in [2.45, 2.75) is 24.1 Å². The maximum absolute atomic E-state index is 14.5. The van der Waals surface area contributed by atoms with E-state index in [4.69, 9.17) is 15.2 Å². The fourth-order valence-electron chi connectivity index (χ4n) is 4.60. The van der Waals surface area contributed by atoms with E-state index in [9.17, 15) is 32.3 Å². The number of carbonyl (C=O) groups is 2. The normalized spacial score (nSPS) is 17.9. The van der Waals surface area contributed by atoms with Crippen LogP contribution in [0.1, 0.15) is 28.7 Å². The number of pyridine rings is 1. The minimum absolute atomic E-state index is 0.0243. The van der Waals surface area contributed by atoms with Gasteiger partial charge in [0.1, 0.15) is 40.7 Å². The number of hydrogen-bond acceptors (Lipinski definition) is 6. The third-order valence-electron chi connectivity index (χ3n) is 7.21. The Labute approximate surface area is 230 Å². The molecule has 0 unspecified atom stereocenters. The maximum Gasteiger partial charge on any atom is 0.424 e. The Bertz CT molecular complexity index is 1670. The second kappa shape index (κ2) is 9.77. The zero-order valence-corrected chi connectivity index (χ0v) is 21.7. The van der Waals surface area contributed by atoms with Crippen molar-refractivity contribution in [1.29, 1.82) is 0 Å². The number of alkyl halides is 3. The summed E-state index contributed by atoms with van der Waals surface area (Å²) < 4.78 is 68.0. The number of primary amides is 1. The zero-order chi connectivity index (χ0) is 29.7. The largest absolute Gasteiger partial charge is 0.497 e. The van der Waals surface area contributed by atoms with E-state index < -0.39 is 47.1 Å². The molecule has 2 atom stereocenters. The summed E-state index contributed by atoms with van der Waals surface area (Å²) in [6, 6.07) is 11.9. The van der Waals surface area contributed by atoms with Gasteiger partial charge in [-0.1, -0.05) is 0 Å². The monoisotopic (exact) mass is 572 g/mol. The third-order valence-corrected chi connectivity index (χ3v) is 7.21. The minimum Gasteiger partial charge on any atom is -0.497 e. The minimum atomic E-state index is -5.34. The van der Waals surface area contributed by atoms with Crippen LogP contribution in [0.2, 0.25) is 0 Å². The van der Waals surface area contributed by atoms with Crippen LogP contribution < -0.4 is 20.5 Å². The van der Waals surface area contributed by atoms with Gasteiger partial charge >= 0.3 is 6.18 Å². The van der Waals surface area contributed by atoms with E-state index in [-0.39, 0.29) is 34.9 Å². The molecule has 0 saturated carbocycles. The van der Waals surface area contributed by atoms with Gasteiger partial charge in [-0.15, -0.1) is 0 Å². The van der Waals surface area contributed by atoms with E-state index in [1.54, 1.807) is 18.2 Å². The molecule has 0 radical (unpaired) electrons. The number of fused-ring (bicyclic) bond motifs is 2. The van der Waals surface area contributed by atoms with Gasteiger partial charge in [0.15, 0.2) is 0 Å². The second-order valence-corrected chi connectivity index (χ2v) is 9.90. The highest BCUT2D eigenvalue weighted by Crippen LogP contribution is 2.47. The molecule has 214 valence electrons. The van der Waals surface area contributed by atoms with Gasteiger partial charge in [0.2, 0.25) is 11.5 Å². The van der Waals surface area contributed by atoms with Crippen molar-refractivity contribution < 1.29 is 41.7 Å². The Hall–Kier alpha value is -4.65. The maximum atomic E-state index is 14.5. The lowest BCUT2D eigenvalue weighted by molar-refractivity contribution is -0.265. The highest BCUT2D eigenvalue weighted by atomic mass is 19.4. The van der Waals surface area contributed by atoms with Crippen molar-refractivity contribution in [3.05, 3.63) is 77.4 Å². The van der Waals surface area contributed by atoms with Crippen molar-refractivity contribution >= 4 is 22.7 Å². The lowest BCUT2D eigenvalue weighted by atomic mass is 9.81. The summed E-state index contributed by atoms with van der Waals surface area (Å²) in [5.74, 6) is -1.92. The van der Waals surface area contributed by atoms with Crippen LogP contribution in [-0.4, -0.2) is 53.3 Å². The third kappa shape index (κ3) is 4.71. The Morgan fingerprint density at radius 1 is 1.17 bits per heavy atom. The van der Waals surface area contributed by atoms with Crippen LogP contribution >= 0.6 is 0 Å². The first-order valence-electron chi connectivity index (χ1n) is 12.3. The fraction of sp³-hybridized carbons (Fsp3) is 0.250. The number of aromatic amines is 1. The first kappa shape index (κ1) is 27.9. The number of amides is 2. The van der Waals surface area contributed by atoms with E-state index in [2.05, 4.69) is 15.3 Å². The molecule has 4 aromatic rings. The average molecular weight is 573 g/mol. The van der Waals surface area contributed by atoms with Gasteiger partial charge in [-0.05, 0) is 55.5 Å². The summed E-state index contributed by atoms with van der Waals surface area (Å²) in [6.45, 7) is -0.223. The predicted molar refractivity (Wildman–Crippen MR) is 139 cm³/mol. The predicted octanol–water partition coefficient (Wildman–Crippen LogP) is 3.69. The molecular formula is C28H24F4N4O5. The van der Waals surface area contributed by atoms with Gasteiger partial charge in [-0.25, -0.2) is 9.37 Å². The van der Waals surface area contributed by atoms with Crippen molar-refractivity contribution in [2.24, 2.45) is 5.73 Å². The number of nitrogens with zero attached hydrogens (tertiary/aromatic N) is 1. The van der Waals surface area contributed by atoms with Gasteiger partial charge in [-0.3, -0.25) is 9.59 Å². The molecule has 2 aromatic carbocycles. The molecule has 3 heterocycles. The fourth-order valence-corrected chi connectivity index (χ4v) is 4.60. The van der Waals surface area contributed by atoms with Crippen LogP contribution in [0.25, 0.3) is 22.2 Å². The summed E-state index contributed by atoms with van der Waals surface area (Å²) in [5, 5.41) is 13.9. The number of rotatable bonds is 7. The lowest BCUT2D eigenvalue weighted by Gasteiger charge is -2.31. The molecule has 0 spiro atoms. The average Bonchev–Trinajstić information content (AvgIpc) is 3.52. The molecule has 41 heavy (non-hydrogen) atoms. The molecule has 9 nitrogen and oxygen atoms in total. The Morgan fingerprint density at radius 2 is 1.88 bits per heavy atom. The number of aliphatic hydroxyl groups is 1. The smallest absolute Gasteiger partial charge is 0.424 e. The summed E-state index contributed by atoms with van der Waals surface area (Å²) in [4.78, 5) is 32.1. The second-order valence-electron chi connectivity index (χ2n) is 9.90. The molecule has 13 heteroatoms. The molecule has 0 bridgehead atoms. The number of methoxy groups -OCH3 is 1. The molecule has 0 saturated heterocycles. The molecule has 1 aliphatic heterocycles. The van der Waals surface area contributed by atoms with Gasteiger partial charge in [-0.2, -0.15) is 13.2 Å². The number of nitrogens with one attached hydrogen (secondary N) is 2. The zero-order valence-electron chi connectivity index (χ0n) is 21.7. The van der Waals surface area contributed by atoms with Crippen LogP contribution in [-0.2, 0) is 15.8 Å². The number of H-pyrrole nitrogens is 1. The Morgan fingerprint density at radius 3 is 2.51 bits per heavy atom. The number of hydrogen-bond donors (Lipinski definition) is 4. The quantitative estimate of drug-likeness (QED) is 0.249. The number of halogens is 4. The molecular weight excluding hydrogens is 548 g/mol. The van der Waals surface area contributed by atoms with Gasteiger partial charge in [0.05, 0.1) is 19.3 Å². The number of nitrogens with two attached hydrogens (primary N) is 1. The number of aromatic nitrogens is 2. The summed E-state index contributed by atoms with van der Waals surface area (Å²) >= 11 is 0. The highest BCUT2D eigenvalue weighted by Gasteiger charge is 2.57. The van der Waals surface area contributed by atoms with Crippen LogP contribution in [0.3, 0.4) is 0 Å². The van der Waals surface area contributed by atoms with E-state index >= 15 is 0 Å². The highest BCUT2D eigenvalue weighted by molar-refractivity contribution is 5.98. The molecule has 2 amide bonds. The van der Waals surface area contributed by atoms with Gasteiger partial charge in [0, 0.05) is 28.1 Å². The summed E-state index contributed by atoms with van der Waals surface area (Å²) in [7, 11) is 1.46. The van der Waals surface area contributed by atoms with E-state index in [0.717, 1.165) is 18.2 Å². The molecule has 0 fully saturated rings. The van der Waals surface area contributed by atoms with Gasteiger partial charge in [0.25, 0.3) is 5.91 Å². The van der Waals surface area contributed by atoms with Gasteiger partial charge < -0.3 is 30.6 Å². The van der Waals surface area contributed by atoms with Crippen LogP contribution in [0, 0.1) is 5.82 Å². The summed E-state index contributed by atoms with van der Waals surface area (Å²) in [6.07, 6.45) is -5.34. The number of carbonyl (C=O) groups excluding carboxylic acids is 2. The van der Waals surface area contributed by atoms with E-state index in [1.807, 2.05) is 0 Å². The van der Waals surface area contributed by atoms with E-state index in [1.165, 1.54) is 32.2 Å². The number of benzene rings is 2. The van der Waals surface area contributed by atoms with Crippen LogP contribution in [0.15, 0.2) is 54.6 Å². The molecule has 5 rings (SSSR count). The molecule has 1 aliphatic rings. The van der Waals surface area contributed by atoms with Crippen molar-refractivity contribution in [3.63, 3.8) is 0 Å². The molecule has 5 N–H and O–H groups in total. The SMILES string of the molecule is COc1ccc2cc(C(=O)NC[C@](O)(c3cc4c(c(-c5ccc(F)cc5)n3)OC[C@]4(C)C(N)=O)C(F)(F)F)[nH]c2c1. The topological polar surface area (TPSA) is 140 Å². The molecule has 0 aliphatic carbocycles. The van der Waals surface area contributed by atoms with Crippen molar-refractivity contribution in [3.8, 4) is 22.8 Å². The Balaban J connectivity index is 1.57. The standard InChI is InChI=1S/C28H24F4N4O5/c1-26(25(33)38)13-41-23-18(26)11-21(36-22(23)14-3-6-16(29)7-4-14)27(39,28(30,31)32)12-34-24(37)20-9-15-5-8-17(40-2)10-19(15)35-20/h3-11,35,39H,12-13H2,1-2H3,(H2,33,38)(H,34,37)/t26-,27-/m0/s1. The first-order chi connectivity index (χ1) is 19.3. The Kier molecular flexibility index (Phi) is 6.65. The first-order valence-corrected chi connectivity index (χ1v) is 12.3.